The fraction of sp³-hybridized carbons (Fsp3) is 0.316. The van der Waals surface area contributed by atoms with Crippen molar-refractivity contribution in [3.63, 3.8) is 0 Å². The number of rotatable bonds is 7. The maximum absolute atomic E-state index is 12.5. The highest BCUT2D eigenvalue weighted by atomic mass is 32.2. The van der Waals surface area contributed by atoms with Gasteiger partial charge in [0.25, 0.3) is 0 Å². The van der Waals surface area contributed by atoms with Crippen LogP contribution in [0, 0.1) is 0 Å². The standard InChI is InChI=1S/C19H22N2O3S/c22-15-16-5-3-6-17(13-16)18-7-4-8-19(14-18)25(23,24)20-9-12-21-10-1-2-11-21/h3-8,13-15,20H,1-2,9-12H2. The van der Waals surface area contributed by atoms with E-state index in [2.05, 4.69) is 9.62 Å². The lowest BCUT2D eigenvalue weighted by Crippen LogP contribution is -2.33. The molecule has 0 aromatic heterocycles. The molecular formula is C19H22N2O3S. The second-order valence-corrected chi connectivity index (χ2v) is 7.98. The molecule has 132 valence electrons. The highest BCUT2D eigenvalue weighted by Gasteiger charge is 2.16. The summed E-state index contributed by atoms with van der Waals surface area (Å²) in [7, 11) is -3.54. The molecule has 0 aliphatic carbocycles. The molecule has 0 atom stereocenters. The molecule has 0 bridgehead atoms. The van der Waals surface area contributed by atoms with E-state index in [1.54, 1.807) is 36.4 Å². The van der Waals surface area contributed by atoms with E-state index < -0.39 is 10.0 Å². The highest BCUT2D eigenvalue weighted by Crippen LogP contribution is 2.23. The van der Waals surface area contributed by atoms with E-state index in [9.17, 15) is 13.2 Å². The maximum atomic E-state index is 12.5. The normalized spacial score (nSPS) is 15.4. The molecule has 1 saturated heterocycles. The third-order valence-electron chi connectivity index (χ3n) is 4.42. The fourth-order valence-corrected chi connectivity index (χ4v) is 4.13. The number of hydrogen-bond acceptors (Lipinski definition) is 4. The third-order valence-corrected chi connectivity index (χ3v) is 5.88. The Balaban J connectivity index is 1.73. The molecule has 0 amide bonds. The molecule has 0 saturated carbocycles. The number of aldehydes is 1. The molecule has 1 N–H and O–H groups in total. The van der Waals surface area contributed by atoms with E-state index in [1.807, 2.05) is 12.1 Å². The lowest BCUT2D eigenvalue weighted by molar-refractivity contribution is 0.112. The Bertz CT molecular complexity index is 843. The Hall–Kier alpha value is -2.02. The van der Waals surface area contributed by atoms with Crippen LogP contribution in [0.25, 0.3) is 11.1 Å². The summed E-state index contributed by atoms with van der Waals surface area (Å²) in [6.07, 6.45) is 3.16. The van der Waals surface area contributed by atoms with Crippen LogP contribution >= 0.6 is 0 Å². The molecule has 1 heterocycles. The molecule has 2 aromatic carbocycles. The Morgan fingerprint density at radius 2 is 1.68 bits per heavy atom. The smallest absolute Gasteiger partial charge is 0.240 e. The Labute approximate surface area is 148 Å². The third kappa shape index (κ3) is 4.54. The minimum absolute atomic E-state index is 0.239. The minimum atomic E-state index is -3.54. The molecule has 0 radical (unpaired) electrons. The Morgan fingerprint density at radius 3 is 2.40 bits per heavy atom. The summed E-state index contributed by atoms with van der Waals surface area (Å²) >= 11 is 0. The molecule has 2 aromatic rings. The first-order chi connectivity index (χ1) is 12.1. The van der Waals surface area contributed by atoms with Crippen LogP contribution in [0.5, 0.6) is 0 Å². The predicted molar refractivity (Wildman–Crippen MR) is 98.1 cm³/mol. The topological polar surface area (TPSA) is 66.5 Å². The van der Waals surface area contributed by atoms with Crippen molar-refractivity contribution in [2.45, 2.75) is 17.7 Å². The number of nitrogens with one attached hydrogen (secondary N) is 1. The van der Waals surface area contributed by atoms with Crippen LogP contribution in [0.2, 0.25) is 0 Å². The number of benzene rings is 2. The van der Waals surface area contributed by atoms with Gasteiger partial charge in [0.05, 0.1) is 4.90 Å². The van der Waals surface area contributed by atoms with Gasteiger partial charge in [-0.3, -0.25) is 4.79 Å². The van der Waals surface area contributed by atoms with E-state index in [1.165, 1.54) is 12.8 Å². The van der Waals surface area contributed by atoms with Crippen molar-refractivity contribution >= 4 is 16.3 Å². The lowest BCUT2D eigenvalue weighted by Gasteiger charge is -2.15. The molecule has 6 heteroatoms. The molecule has 25 heavy (non-hydrogen) atoms. The minimum Gasteiger partial charge on any atom is -0.302 e. The summed E-state index contributed by atoms with van der Waals surface area (Å²) in [6.45, 7) is 3.24. The Kier molecular flexibility index (Phi) is 5.63. The molecule has 1 fully saturated rings. The van der Waals surface area contributed by atoms with Crippen LogP contribution in [-0.2, 0) is 10.0 Å². The average molecular weight is 358 g/mol. The van der Waals surface area contributed by atoms with Crippen molar-refractivity contribution in [1.29, 1.82) is 0 Å². The Morgan fingerprint density at radius 1 is 1.00 bits per heavy atom. The van der Waals surface area contributed by atoms with Crippen molar-refractivity contribution in [3.8, 4) is 11.1 Å². The van der Waals surface area contributed by atoms with Crippen molar-refractivity contribution < 1.29 is 13.2 Å². The van der Waals surface area contributed by atoms with Crippen molar-refractivity contribution in [3.05, 3.63) is 54.1 Å². The zero-order valence-corrected chi connectivity index (χ0v) is 14.8. The largest absolute Gasteiger partial charge is 0.302 e. The van der Waals surface area contributed by atoms with Crippen LogP contribution in [0.3, 0.4) is 0 Å². The quantitative estimate of drug-likeness (QED) is 0.773. The van der Waals surface area contributed by atoms with E-state index in [-0.39, 0.29) is 4.90 Å². The first-order valence-electron chi connectivity index (χ1n) is 8.46. The molecule has 1 aliphatic rings. The zero-order valence-electron chi connectivity index (χ0n) is 14.0. The second-order valence-electron chi connectivity index (χ2n) is 6.22. The summed E-state index contributed by atoms with van der Waals surface area (Å²) < 4.78 is 27.7. The van der Waals surface area contributed by atoms with Gasteiger partial charge in [0.2, 0.25) is 10.0 Å². The van der Waals surface area contributed by atoms with Gasteiger partial charge in [-0.15, -0.1) is 0 Å². The SMILES string of the molecule is O=Cc1cccc(-c2cccc(S(=O)(=O)NCCN3CCCC3)c2)c1. The molecular weight excluding hydrogens is 336 g/mol. The van der Waals surface area contributed by atoms with Crippen LogP contribution in [0.15, 0.2) is 53.4 Å². The van der Waals surface area contributed by atoms with E-state index in [0.29, 0.717) is 12.1 Å². The zero-order chi connectivity index (χ0) is 17.7. The van der Waals surface area contributed by atoms with Gasteiger partial charge in [-0.1, -0.05) is 30.3 Å². The van der Waals surface area contributed by atoms with Gasteiger partial charge < -0.3 is 4.90 Å². The highest BCUT2D eigenvalue weighted by molar-refractivity contribution is 7.89. The molecule has 0 unspecified atom stereocenters. The van der Waals surface area contributed by atoms with Crippen molar-refractivity contribution in [2.75, 3.05) is 26.2 Å². The number of nitrogens with zero attached hydrogens (tertiary/aromatic N) is 1. The number of hydrogen-bond donors (Lipinski definition) is 1. The summed E-state index contributed by atoms with van der Waals surface area (Å²) in [6, 6.07) is 13.9. The second kappa shape index (κ2) is 7.91. The van der Waals surface area contributed by atoms with Crippen molar-refractivity contribution in [2.24, 2.45) is 0 Å². The van der Waals surface area contributed by atoms with Gasteiger partial charge in [-0.05, 0) is 55.3 Å². The summed E-state index contributed by atoms with van der Waals surface area (Å²) in [5.41, 5.74) is 2.15. The summed E-state index contributed by atoms with van der Waals surface area (Å²) in [5.74, 6) is 0. The van der Waals surface area contributed by atoms with E-state index in [4.69, 9.17) is 0 Å². The predicted octanol–water partition coefficient (Wildman–Crippen LogP) is 2.54. The average Bonchev–Trinajstić information content (AvgIpc) is 3.15. The molecule has 0 spiro atoms. The number of carbonyl (C=O) groups is 1. The van der Waals surface area contributed by atoms with Gasteiger partial charge in [0.15, 0.2) is 0 Å². The van der Waals surface area contributed by atoms with Gasteiger partial charge in [-0.25, -0.2) is 13.1 Å². The molecule has 1 aliphatic heterocycles. The summed E-state index contributed by atoms with van der Waals surface area (Å²) in [5, 5.41) is 0. The van der Waals surface area contributed by atoms with E-state index >= 15 is 0 Å². The number of carbonyl (C=O) groups excluding carboxylic acids is 1. The summed E-state index contributed by atoms with van der Waals surface area (Å²) in [4.78, 5) is 13.4. The van der Waals surface area contributed by atoms with Gasteiger partial charge in [0, 0.05) is 18.7 Å². The maximum Gasteiger partial charge on any atom is 0.240 e. The van der Waals surface area contributed by atoms with Crippen LogP contribution in [0.1, 0.15) is 23.2 Å². The van der Waals surface area contributed by atoms with Crippen LogP contribution < -0.4 is 4.72 Å². The first kappa shape index (κ1) is 17.8. The van der Waals surface area contributed by atoms with Crippen LogP contribution in [-0.4, -0.2) is 45.8 Å². The lowest BCUT2D eigenvalue weighted by atomic mass is 10.0. The van der Waals surface area contributed by atoms with Crippen LogP contribution in [0.4, 0.5) is 0 Å². The molecule has 3 rings (SSSR count). The van der Waals surface area contributed by atoms with E-state index in [0.717, 1.165) is 37.0 Å². The fourth-order valence-electron chi connectivity index (χ4n) is 3.06. The number of likely N-dealkylation sites (tertiary alicyclic amines) is 1. The van der Waals surface area contributed by atoms with Crippen molar-refractivity contribution in [1.82, 2.24) is 9.62 Å². The van der Waals surface area contributed by atoms with Gasteiger partial charge in [-0.2, -0.15) is 0 Å². The monoisotopic (exact) mass is 358 g/mol. The van der Waals surface area contributed by atoms with Gasteiger partial charge in [0.1, 0.15) is 6.29 Å². The van der Waals surface area contributed by atoms with Gasteiger partial charge >= 0.3 is 0 Å². The number of sulfonamides is 1. The first-order valence-corrected chi connectivity index (χ1v) is 9.94. The molecule has 5 nitrogen and oxygen atoms in total.